The molecule has 2 atom stereocenters. The summed E-state index contributed by atoms with van der Waals surface area (Å²) in [4.78, 5) is 14.5. The minimum absolute atomic E-state index is 0.166. The van der Waals surface area contributed by atoms with E-state index in [9.17, 15) is 4.79 Å². The van der Waals surface area contributed by atoms with Crippen LogP contribution in [0.4, 0.5) is 0 Å². The van der Waals surface area contributed by atoms with E-state index in [1.54, 1.807) is 0 Å². The maximum Gasteiger partial charge on any atom is 0.253 e. The van der Waals surface area contributed by atoms with E-state index in [1.165, 1.54) is 18.4 Å². The molecule has 3 rings (SSSR count). The molecular formula is C17H24N2O. The van der Waals surface area contributed by atoms with Gasteiger partial charge in [-0.2, -0.15) is 0 Å². The fraction of sp³-hybridized carbons (Fsp3) is 0.588. The maximum absolute atomic E-state index is 12.6. The highest BCUT2D eigenvalue weighted by molar-refractivity contribution is 5.94. The first-order valence-corrected chi connectivity index (χ1v) is 7.79. The highest BCUT2D eigenvalue weighted by Crippen LogP contribution is 2.29. The van der Waals surface area contributed by atoms with Crippen molar-refractivity contribution in [1.82, 2.24) is 10.2 Å². The molecule has 2 heterocycles. The normalized spacial score (nSPS) is 28.4. The Kier molecular flexibility index (Phi) is 3.79. The quantitative estimate of drug-likeness (QED) is 0.917. The van der Waals surface area contributed by atoms with Gasteiger partial charge in [-0.3, -0.25) is 4.79 Å². The van der Waals surface area contributed by atoms with Gasteiger partial charge in [-0.25, -0.2) is 0 Å². The number of aryl methyl sites for hydroxylation is 1. The Labute approximate surface area is 121 Å². The largest absolute Gasteiger partial charge is 0.339 e. The van der Waals surface area contributed by atoms with Gasteiger partial charge in [-0.1, -0.05) is 19.1 Å². The summed E-state index contributed by atoms with van der Waals surface area (Å²) in [6.45, 7) is 2.13. The van der Waals surface area contributed by atoms with Crippen molar-refractivity contribution in [3.05, 3.63) is 35.4 Å². The predicted molar refractivity (Wildman–Crippen MR) is 80.9 cm³/mol. The molecule has 108 valence electrons. The average molecular weight is 272 g/mol. The summed E-state index contributed by atoms with van der Waals surface area (Å²) in [5.74, 6) is 0.166. The minimum Gasteiger partial charge on any atom is -0.339 e. The Bertz CT molecular complexity index is 470. The Balaban J connectivity index is 1.69. The smallest absolute Gasteiger partial charge is 0.253 e. The van der Waals surface area contributed by atoms with Crippen molar-refractivity contribution < 1.29 is 4.79 Å². The van der Waals surface area contributed by atoms with Crippen molar-refractivity contribution in [2.24, 2.45) is 0 Å². The van der Waals surface area contributed by atoms with E-state index in [4.69, 9.17) is 0 Å². The van der Waals surface area contributed by atoms with Crippen molar-refractivity contribution in [1.29, 1.82) is 0 Å². The molecule has 1 aromatic carbocycles. The lowest BCUT2D eigenvalue weighted by Crippen LogP contribution is -2.48. The molecule has 2 saturated heterocycles. The third-order valence-electron chi connectivity index (χ3n) is 4.93. The summed E-state index contributed by atoms with van der Waals surface area (Å²) in [6, 6.07) is 9.70. The number of hydrogen-bond donors (Lipinski definition) is 1. The molecule has 0 aliphatic carbocycles. The van der Waals surface area contributed by atoms with E-state index in [1.807, 2.05) is 24.1 Å². The van der Waals surface area contributed by atoms with Crippen molar-refractivity contribution in [3.8, 4) is 0 Å². The number of nitrogens with zero attached hydrogens (tertiary/aromatic N) is 1. The molecule has 2 aliphatic rings. The van der Waals surface area contributed by atoms with Gasteiger partial charge in [-0.15, -0.1) is 0 Å². The molecule has 1 aromatic rings. The molecule has 1 N–H and O–H groups in total. The second kappa shape index (κ2) is 5.57. The van der Waals surface area contributed by atoms with Gasteiger partial charge in [0.2, 0.25) is 0 Å². The predicted octanol–water partition coefficient (Wildman–Crippen LogP) is 2.60. The Morgan fingerprint density at radius 2 is 1.80 bits per heavy atom. The second-order valence-electron chi connectivity index (χ2n) is 6.23. The fourth-order valence-corrected chi connectivity index (χ4v) is 3.60. The zero-order chi connectivity index (χ0) is 14.1. The van der Waals surface area contributed by atoms with Gasteiger partial charge in [0.15, 0.2) is 0 Å². The number of benzene rings is 1. The molecule has 0 saturated carbocycles. The maximum atomic E-state index is 12.6. The SMILES string of the molecule is CCc1ccc(C(=O)N(C)C2CC3CCC(C2)N3)cc1. The van der Waals surface area contributed by atoms with Gasteiger partial charge in [-0.05, 0) is 49.8 Å². The summed E-state index contributed by atoms with van der Waals surface area (Å²) in [5, 5.41) is 3.63. The van der Waals surface area contributed by atoms with E-state index >= 15 is 0 Å². The number of carbonyl (C=O) groups excluding carboxylic acids is 1. The highest BCUT2D eigenvalue weighted by Gasteiger charge is 2.36. The minimum atomic E-state index is 0.166. The molecule has 0 spiro atoms. The molecule has 20 heavy (non-hydrogen) atoms. The lowest BCUT2D eigenvalue weighted by molar-refractivity contribution is 0.0681. The molecule has 1 amide bonds. The number of carbonyl (C=O) groups is 1. The number of rotatable bonds is 3. The molecule has 2 unspecified atom stereocenters. The van der Waals surface area contributed by atoms with Gasteiger partial charge < -0.3 is 10.2 Å². The average Bonchev–Trinajstić information content (AvgIpc) is 2.84. The Hall–Kier alpha value is -1.35. The van der Waals surface area contributed by atoms with Crippen LogP contribution in [-0.4, -0.2) is 36.0 Å². The summed E-state index contributed by atoms with van der Waals surface area (Å²) in [6.07, 6.45) is 5.77. The summed E-state index contributed by atoms with van der Waals surface area (Å²) < 4.78 is 0. The van der Waals surface area contributed by atoms with Crippen LogP contribution < -0.4 is 5.32 Å². The molecule has 2 bridgehead atoms. The highest BCUT2D eigenvalue weighted by atomic mass is 16.2. The van der Waals surface area contributed by atoms with Crippen LogP contribution >= 0.6 is 0 Å². The van der Waals surface area contributed by atoms with Crippen LogP contribution in [0.5, 0.6) is 0 Å². The third-order valence-corrected chi connectivity index (χ3v) is 4.93. The number of amides is 1. The number of nitrogens with one attached hydrogen (secondary N) is 1. The van der Waals surface area contributed by atoms with Gasteiger partial charge in [0.25, 0.3) is 5.91 Å². The monoisotopic (exact) mass is 272 g/mol. The van der Waals surface area contributed by atoms with Gasteiger partial charge in [0, 0.05) is 30.7 Å². The molecule has 2 fully saturated rings. The first-order chi connectivity index (χ1) is 9.67. The van der Waals surface area contributed by atoms with Crippen LogP contribution in [0.15, 0.2) is 24.3 Å². The zero-order valence-corrected chi connectivity index (χ0v) is 12.4. The lowest BCUT2D eigenvalue weighted by Gasteiger charge is -2.35. The van der Waals surface area contributed by atoms with Gasteiger partial charge >= 0.3 is 0 Å². The van der Waals surface area contributed by atoms with Crippen molar-refractivity contribution in [3.63, 3.8) is 0 Å². The van der Waals surface area contributed by atoms with Crippen LogP contribution in [0.3, 0.4) is 0 Å². The van der Waals surface area contributed by atoms with E-state index in [0.29, 0.717) is 18.1 Å². The molecular weight excluding hydrogens is 248 g/mol. The third kappa shape index (κ3) is 2.59. The number of hydrogen-bond acceptors (Lipinski definition) is 2. The van der Waals surface area contributed by atoms with Crippen molar-refractivity contribution >= 4 is 5.91 Å². The molecule has 2 aliphatic heterocycles. The topological polar surface area (TPSA) is 32.3 Å². The van der Waals surface area contributed by atoms with E-state index in [-0.39, 0.29) is 5.91 Å². The Morgan fingerprint density at radius 1 is 1.20 bits per heavy atom. The summed E-state index contributed by atoms with van der Waals surface area (Å²) in [7, 11) is 1.96. The lowest BCUT2D eigenvalue weighted by atomic mass is 9.98. The first-order valence-electron chi connectivity index (χ1n) is 7.79. The van der Waals surface area contributed by atoms with E-state index in [0.717, 1.165) is 24.8 Å². The van der Waals surface area contributed by atoms with Crippen LogP contribution in [0.2, 0.25) is 0 Å². The van der Waals surface area contributed by atoms with Crippen LogP contribution in [0.25, 0.3) is 0 Å². The molecule has 3 nitrogen and oxygen atoms in total. The molecule has 0 radical (unpaired) electrons. The van der Waals surface area contributed by atoms with Gasteiger partial charge in [0.1, 0.15) is 0 Å². The van der Waals surface area contributed by atoms with Crippen LogP contribution in [0, 0.1) is 0 Å². The van der Waals surface area contributed by atoms with Crippen molar-refractivity contribution in [2.45, 2.75) is 57.2 Å². The van der Waals surface area contributed by atoms with Crippen molar-refractivity contribution in [2.75, 3.05) is 7.05 Å². The summed E-state index contributed by atoms with van der Waals surface area (Å²) in [5.41, 5.74) is 2.10. The van der Waals surface area contributed by atoms with Crippen LogP contribution in [-0.2, 0) is 6.42 Å². The number of piperidine rings is 1. The second-order valence-corrected chi connectivity index (χ2v) is 6.23. The standard InChI is InChI=1S/C17H24N2O/c1-3-12-4-6-13(7-5-12)17(20)19(2)16-10-14-8-9-15(11-16)18-14/h4-7,14-16,18H,3,8-11H2,1-2H3. The zero-order valence-electron chi connectivity index (χ0n) is 12.4. The molecule has 3 heteroatoms. The van der Waals surface area contributed by atoms with E-state index < -0.39 is 0 Å². The Morgan fingerprint density at radius 3 is 2.35 bits per heavy atom. The van der Waals surface area contributed by atoms with Gasteiger partial charge in [0.05, 0.1) is 0 Å². The fourth-order valence-electron chi connectivity index (χ4n) is 3.60. The first kappa shape index (κ1) is 13.6. The van der Waals surface area contributed by atoms with Crippen LogP contribution in [0.1, 0.15) is 48.5 Å². The molecule has 0 aromatic heterocycles. The number of fused-ring (bicyclic) bond motifs is 2. The summed E-state index contributed by atoms with van der Waals surface area (Å²) >= 11 is 0. The van der Waals surface area contributed by atoms with E-state index in [2.05, 4.69) is 24.4 Å².